The van der Waals surface area contributed by atoms with Crippen LogP contribution in [0.1, 0.15) is 40.8 Å². The molecule has 3 aromatic rings. The molecule has 4 rings (SSSR count). The molecule has 11 heteroatoms. The summed E-state index contributed by atoms with van der Waals surface area (Å²) >= 11 is 6.25. The van der Waals surface area contributed by atoms with Crippen molar-refractivity contribution in [1.82, 2.24) is 15.0 Å². The number of nitrogens with one attached hydrogen (secondary N) is 1. The molecule has 32 heavy (non-hydrogen) atoms. The lowest BCUT2D eigenvalue weighted by molar-refractivity contribution is 0.0695. The monoisotopic (exact) mass is 478 g/mol. The molecule has 1 aliphatic heterocycles. The summed E-state index contributed by atoms with van der Waals surface area (Å²) in [4.78, 5) is 18.9. The first-order valence-electron chi connectivity index (χ1n) is 9.90. The molecule has 0 saturated carbocycles. The topological polar surface area (TPSA) is 105 Å². The highest BCUT2D eigenvalue weighted by atomic mass is 35.5. The number of nitrogens with zero attached hydrogens (tertiary/aromatic N) is 3. The highest BCUT2D eigenvalue weighted by Crippen LogP contribution is 2.29. The fraction of sp³-hybridized carbons (Fsp3) is 0.286. The average molecular weight is 479 g/mol. The molecule has 0 aliphatic carbocycles. The summed E-state index contributed by atoms with van der Waals surface area (Å²) in [5, 5.41) is 3.95. The normalized spacial score (nSPS) is 16.7. The van der Waals surface area contributed by atoms with Crippen molar-refractivity contribution >= 4 is 33.2 Å². The number of hydrogen-bond donors (Lipinski definition) is 1. The van der Waals surface area contributed by atoms with E-state index in [1.54, 1.807) is 11.8 Å². The maximum absolute atomic E-state index is 13.2. The van der Waals surface area contributed by atoms with Crippen LogP contribution in [-0.2, 0) is 10.0 Å². The van der Waals surface area contributed by atoms with Crippen molar-refractivity contribution in [2.45, 2.75) is 30.6 Å². The maximum Gasteiger partial charge on any atom is 0.261 e. The van der Waals surface area contributed by atoms with Crippen molar-refractivity contribution in [2.24, 2.45) is 0 Å². The fourth-order valence-corrected chi connectivity index (χ4v) is 4.86. The van der Waals surface area contributed by atoms with Crippen LogP contribution in [0, 0.1) is 12.7 Å². The Labute approximate surface area is 189 Å². The van der Waals surface area contributed by atoms with Crippen molar-refractivity contribution < 1.29 is 22.1 Å². The number of anilines is 1. The molecule has 0 radical (unpaired) electrons. The van der Waals surface area contributed by atoms with Crippen molar-refractivity contribution in [3.8, 4) is 0 Å². The van der Waals surface area contributed by atoms with Crippen LogP contribution in [0.25, 0.3) is 0 Å². The Morgan fingerprint density at radius 2 is 2.00 bits per heavy atom. The number of rotatable bonds is 5. The molecular formula is C21H20ClFN4O4S. The van der Waals surface area contributed by atoms with E-state index in [9.17, 15) is 17.6 Å². The summed E-state index contributed by atoms with van der Waals surface area (Å²) in [5.41, 5.74) is 0.277. The molecule has 1 N–H and O–H groups in total. The van der Waals surface area contributed by atoms with Crippen molar-refractivity contribution in [1.29, 1.82) is 0 Å². The first kappa shape index (κ1) is 22.2. The highest BCUT2D eigenvalue weighted by Gasteiger charge is 2.30. The molecule has 168 valence electrons. The lowest BCUT2D eigenvalue weighted by Crippen LogP contribution is -2.39. The zero-order valence-corrected chi connectivity index (χ0v) is 18.7. The van der Waals surface area contributed by atoms with Crippen LogP contribution in [0.5, 0.6) is 0 Å². The Morgan fingerprint density at radius 1 is 1.25 bits per heavy atom. The van der Waals surface area contributed by atoms with Crippen LogP contribution in [0.4, 0.5) is 10.1 Å². The summed E-state index contributed by atoms with van der Waals surface area (Å²) in [6.07, 6.45) is 1.54. The zero-order valence-electron chi connectivity index (χ0n) is 17.1. The quantitative estimate of drug-likeness (QED) is 0.594. The van der Waals surface area contributed by atoms with Gasteiger partial charge in [0, 0.05) is 18.8 Å². The predicted molar refractivity (Wildman–Crippen MR) is 116 cm³/mol. The van der Waals surface area contributed by atoms with Gasteiger partial charge in [0.05, 0.1) is 21.4 Å². The van der Waals surface area contributed by atoms with E-state index in [0.717, 1.165) is 25.0 Å². The molecule has 2 heterocycles. The van der Waals surface area contributed by atoms with Gasteiger partial charge >= 0.3 is 0 Å². The van der Waals surface area contributed by atoms with Gasteiger partial charge in [-0.15, -0.1) is 0 Å². The highest BCUT2D eigenvalue weighted by molar-refractivity contribution is 7.92. The van der Waals surface area contributed by atoms with Crippen molar-refractivity contribution in [3.63, 3.8) is 0 Å². The second-order valence-corrected chi connectivity index (χ2v) is 9.61. The van der Waals surface area contributed by atoms with Gasteiger partial charge in [-0.3, -0.25) is 9.52 Å². The summed E-state index contributed by atoms with van der Waals surface area (Å²) < 4.78 is 46.3. The van der Waals surface area contributed by atoms with Crippen molar-refractivity contribution in [2.75, 3.05) is 17.8 Å². The van der Waals surface area contributed by atoms with Gasteiger partial charge in [0.25, 0.3) is 15.9 Å². The first-order chi connectivity index (χ1) is 15.2. The number of hydrogen-bond acceptors (Lipinski definition) is 6. The third-order valence-electron chi connectivity index (χ3n) is 5.18. The standard InChI is InChI=1S/C21H20ClFN4O4S/c1-13-24-20(31-25-13)14-3-2-10-27(12-14)21(28)18-11-17(8-9-19(18)22)32(29,30)26-16-6-4-15(23)5-7-16/h4-9,11,14,26H,2-3,10,12H2,1H3. The number of carbonyl (C=O) groups excluding carboxylic acids is 1. The summed E-state index contributed by atoms with van der Waals surface area (Å²) in [6.45, 7) is 2.59. The molecule has 1 amide bonds. The number of aromatic nitrogens is 2. The van der Waals surface area contributed by atoms with Crippen LogP contribution in [0.3, 0.4) is 0 Å². The van der Waals surface area contributed by atoms with E-state index >= 15 is 0 Å². The van der Waals surface area contributed by atoms with Gasteiger partial charge in [0.15, 0.2) is 5.82 Å². The molecule has 1 aliphatic rings. The van der Waals surface area contributed by atoms with Gasteiger partial charge in [-0.1, -0.05) is 16.8 Å². The van der Waals surface area contributed by atoms with E-state index in [1.165, 1.54) is 30.3 Å². The molecule has 1 unspecified atom stereocenters. The Kier molecular flexibility index (Phi) is 6.16. The lowest BCUT2D eigenvalue weighted by Gasteiger charge is -2.31. The van der Waals surface area contributed by atoms with E-state index in [0.29, 0.717) is 24.8 Å². The SMILES string of the molecule is Cc1noc(C2CCCN(C(=O)c3cc(S(=O)(=O)Nc4ccc(F)cc4)ccc3Cl)C2)n1. The summed E-state index contributed by atoms with van der Waals surface area (Å²) in [7, 11) is -4.02. The number of sulfonamides is 1. The molecule has 2 aromatic carbocycles. The van der Waals surface area contributed by atoms with Crippen LogP contribution in [0.2, 0.25) is 5.02 Å². The minimum Gasteiger partial charge on any atom is -0.339 e. The van der Waals surface area contributed by atoms with Crippen LogP contribution in [-0.4, -0.2) is 42.5 Å². The summed E-state index contributed by atoms with van der Waals surface area (Å²) in [6, 6.07) is 8.83. The van der Waals surface area contributed by atoms with Crippen molar-refractivity contribution in [3.05, 3.63) is 70.6 Å². The third kappa shape index (κ3) is 4.76. The lowest BCUT2D eigenvalue weighted by atomic mass is 9.97. The Bertz CT molecular complexity index is 1250. The van der Waals surface area contributed by atoms with Gasteiger partial charge in [-0.05, 0) is 62.2 Å². The molecule has 0 spiro atoms. The first-order valence-corrected chi connectivity index (χ1v) is 11.8. The van der Waals surface area contributed by atoms with Gasteiger partial charge in [-0.2, -0.15) is 4.98 Å². The molecule has 1 aromatic heterocycles. The molecular weight excluding hydrogens is 459 g/mol. The van der Waals surface area contributed by atoms with E-state index in [2.05, 4.69) is 14.9 Å². The predicted octanol–water partition coefficient (Wildman–Crippen LogP) is 3.99. The second kappa shape index (κ2) is 8.87. The Hall–Kier alpha value is -2.98. The van der Waals surface area contributed by atoms with Gasteiger partial charge in [-0.25, -0.2) is 12.8 Å². The number of piperidine rings is 1. The van der Waals surface area contributed by atoms with E-state index in [-0.39, 0.29) is 33.0 Å². The molecule has 1 saturated heterocycles. The van der Waals surface area contributed by atoms with Crippen LogP contribution < -0.4 is 4.72 Å². The van der Waals surface area contributed by atoms with Crippen LogP contribution in [0.15, 0.2) is 51.9 Å². The van der Waals surface area contributed by atoms with Gasteiger partial charge in [0.1, 0.15) is 5.82 Å². The average Bonchev–Trinajstić information content (AvgIpc) is 3.21. The van der Waals surface area contributed by atoms with E-state index in [1.807, 2.05) is 0 Å². The number of benzene rings is 2. The van der Waals surface area contributed by atoms with E-state index in [4.69, 9.17) is 16.1 Å². The molecule has 8 nitrogen and oxygen atoms in total. The fourth-order valence-electron chi connectivity index (χ4n) is 3.58. The number of halogens is 2. The Morgan fingerprint density at radius 3 is 2.69 bits per heavy atom. The van der Waals surface area contributed by atoms with Gasteiger partial charge in [0.2, 0.25) is 5.89 Å². The molecule has 1 fully saturated rings. The largest absolute Gasteiger partial charge is 0.339 e. The minimum atomic E-state index is -4.02. The van der Waals surface area contributed by atoms with Gasteiger partial charge < -0.3 is 9.42 Å². The number of amides is 1. The number of aryl methyl sites for hydroxylation is 1. The number of carbonyl (C=O) groups is 1. The third-order valence-corrected chi connectivity index (χ3v) is 6.88. The molecule has 1 atom stereocenters. The second-order valence-electron chi connectivity index (χ2n) is 7.52. The summed E-state index contributed by atoms with van der Waals surface area (Å²) in [5.74, 6) is 0.0429. The zero-order chi connectivity index (χ0) is 22.9. The number of likely N-dealkylation sites (tertiary alicyclic amines) is 1. The van der Waals surface area contributed by atoms with Crippen LogP contribution >= 0.6 is 11.6 Å². The smallest absolute Gasteiger partial charge is 0.261 e. The molecule has 0 bridgehead atoms. The Balaban J connectivity index is 1.56. The minimum absolute atomic E-state index is 0.0796. The maximum atomic E-state index is 13.2. The van der Waals surface area contributed by atoms with E-state index < -0.39 is 15.8 Å².